The Morgan fingerprint density at radius 3 is 2.52 bits per heavy atom. The number of nitro groups is 1. The summed E-state index contributed by atoms with van der Waals surface area (Å²) < 4.78 is 0. The minimum atomic E-state index is -0.526. The maximum atomic E-state index is 12.4. The fourth-order valence-electron chi connectivity index (χ4n) is 2.93. The van der Waals surface area contributed by atoms with Crippen molar-refractivity contribution >= 4 is 53.1 Å². The SMILES string of the molecule is O=C1Nc2cc([N+](=O)[O-])ccc2/C1=C1/Nc2ccccc2/C1=N\O.[LiH]. The molecule has 2 aromatic carbocycles. The summed E-state index contributed by atoms with van der Waals surface area (Å²) in [6, 6.07) is 11.3. The van der Waals surface area contributed by atoms with Crippen molar-refractivity contribution in [1.82, 2.24) is 0 Å². The van der Waals surface area contributed by atoms with Crippen molar-refractivity contribution in [2.24, 2.45) is 5.16 Å². The average molecular weight is 330 g/mol. The number of benzene rings is 2. The van der Waals surface area contributed by atoms with Crippen LogP contribution in [0.4, 0.5) is 17.1 Å². The molecule has 0 radical (unpaired) electrons. The molecular weight excluding hydrogens is 319 g/mol. The molecule has 2 aromatic rings. The van der Waals surface area contributed by atoms with Gasteiger partial charge in [-0.25, -0.2) is 0 Å². The zero-order valence-electron chi connectivity index (χ0n) is 12.1. The quantitative estimate of drug-likeness (QED) is 0.243. The number of amides is 1. The second-order valence-corrected chi connectivity index (χ2v) is 5.31. The van der Waals surface area contributed by atoms with E-state index in [2.05, 4.69) is 15.8 Å². The zero-order chi connectivity index (χ0) is 16.8. The van der Waals surface area contributed by atoms with Crippen molar-refractivity contribution in [2.75, 3.05) is 10.6 Å². The number of hydrogen-bond acceptors (Lipinski definition) is 6. The first-order valence-electron chi connectivity index (χ1n) is 7.03. The zero-order valence-corrected chi connectivity index (χ0v) is 12.1. The van der Waals surface area contributed by atoms with Crippen LogP contribution in [0.15, 0.2) is 53.3 Å². The molecule has 3 N–H and O–H groups in total. The molecule has 0 spiro atoms. The Morgan fingerprint density at radius 2 is 1.80 bits per heavy atom. The van der Waals surface area contributed by atoms with Crippen LogP contribution in [0, 0.1) is 10.1 Å². The van der Waals surface area contributed by atoms with Crippen molar-refractivity contribution in [3.63, 3.8) is 0 Å². The number of allylic oxidation sites excluding steroid dienone is 1. The number of carbonyl (C=O) groups is 1. The van der Waals surface area contributed by atoms with Crippen molar-refractivity contribution in [1.29, 1.82) is 0 Å². The fraction of sp³-hybridized carbons (Fsp3) is 0. The van der Waals surface area contributed by atoms with E-state index in [0.29, 0.717) is 22.5 Å². The van der Waals surface area contributed by atoms with E-state index in [4.69, 9.17) is 0 Å². The molecular formula is C16H11LiN4O4. The van der Waals surface area contributed by atoms with E-state index in [1.807, 2.05) is 6.07 Å². The van der Waals surface area contributed by atoms with Gasteiger partial charge >= 0.3 is 18.9 Å². The molecule has 0 saturated carbocycles. The van der Waals surface area contributed by atoms with Gasteiger partial charge < -0.3 is 15.8 Å². The van der Waals surface area contributed by atoms with Gasteiger partial charge in [0.2, 0.25) is 0 Å². The van der Waals surface area contributed by atoms with E-state index >= 15 is 0 Å². The third kappa shape index (κ3) is 2.48. The second-order valence-electron chi connectivity index (χ2n) is 5.31. The topological polar surface area (TPSA) is 117 Å². The molecule has 2 heterocycles. The number of nitro benzene ring substituents is 1. The first-order valence-corrected chi connectivity index (χ1v) is 7.03. The summed E-state index contributed by atoms with van der Waals surface area (Å²) in [5.41, 5.74) is 3.05. The summed E-state index contributed by atoms with van der Waals surface area (Å²) in [7, 11) is 0. The van der Waals surface area contributed by atoms with Gasteiger partial charge in [0.25, 0.3) is 11.6 Å². The first-order chi connectivity index (χ1) is 11.6. The van der Waals surface area contributed by atoms with E-state index < -0.39 is 10.8 Å². The summed E-state index contributed by atoms with van der Waals surface area (Å²) in [6.45, 7) is 0. The van der Waals surface area contributed by atoms with Crippen molar-refractivity contribution < 1.29 is 14.9 Å². The number of anilines is 2. The van der Waals surface area contributed by atoms with Crippen LogP contribution in [0.25, 0.3) is 5.57 Å². The summed E-state index contributed by atoms with van der Waals surface area (Å²) in [6.07, 6.45) is 0. The normalized spacial score (nSPS) is 18.9. The number of nitrogens with one attached hydrogen (secondary N) is 2. The van der Waals surface area contributed by atoms with Crippen LogP contribution in [0.1, 0.15) is 11.1 Å². The molecule has 1 amide bonds. The molecule has 0 atom stereocenters. The second kappa shape index (κ2) is 6.09. The summed E-state index contributed by atoms with van der Waals surface area (Å²) in [4.78, 5) is 22.8. The van der Waals surface area contributed by atoms with Gasteiger partial charge in [-0.15, -0.1) is 0 Å². The molecule has 0 bridgehead atoms. The Balaban J connectivity index is 0.00000182. The standard InChI is InChI=1S/C16H10N4O4.Li.H/c21-16-13(9-6-5-8(20(23)24)7-12(9)18-16)15-14(19-22)10-3-1-2-4-11(10)17-15;;/h1-7,17,22H,(H,18,21);;/b15-13-,19-14+;;. The molecule has 0 aromatic heterocycles. The van der Waals surface area contributed by atoms with Crippen LogP contribution < -0.4 is 10.6 Å². The number of hydrogen-bond donors (Lipinski definition) is 3. The summed E-state index contributed by atoms with van der Waals surface area (Å²) >= 11 is 0. The molecule has 0 aliphatic carbocycles. The average Bonchev–Trinajstić information content (AvgIpc) is 3.09. The predicted octanol–water partition coefficient (Wildman–Crippen LogP) is 1.91. The monoisotopic (exact) mass is 330 g/mol. The number of oxime groups is 1. The molecule has 2 aliphatic heterocycles. The molecule has 120 valence electrons. The van der Waals surface area contributed by atoms with Gasteiger partial charge in [0.05, 0.1) is 21.9 Å². The van der Waals surface area contributed by atoms with Gasteiger partial charge in [0.15, 0.2) is 0 Å². The van der Waals surface area contributed by atoms with Gasteiger partial charge in [-0.05, 0) is 12.1 Å². The number of non-ortho nitro benzene ring substituents is 1. The van der Waals surface area contributed by atoms with Crippen LogP contribution in [0.3, 0.4) is 0 Å². The third-order valence-corrected chi connectivity index (χ3v) is 3.99. The Kier molecular flexibility index (Phi) is 4.08. The Bertz CT molecular complexity index is 984. The number of fused-ring (bicyclic) bond motifs is 2. The van der Waals surface area contributed by atoms with Crippen LogP contribution >= 0.6 is 0 Å². The number of carbonyl (C=O) groups excluding carboxylic acids is 1. The van der Waals surface area contributed by atoms with Gasteiger partial charge in [-0.2, -0.15) is 0 Å². The third-order valence-electron chi connectivity index (χ3n) is 3.99. The molecule has 0 saturated heterocycles. The van der Waals surface area contributed by atoms with Gasteiger partial charge in [0, 0.05) is 28.9 Å². The maximum absolute atomic E-state index is 12.4. The Labute approximate surface area is 153 Å². The van der Waals surface area contributed by atoms with Crippen LogP contribution in [0.2, 0.25) is 0 Å². The van der Waals surface area contributed by atoms with Crippen molar-refractivity contribution in [3.8, 4) is 0 Å². The van der Waals surface area contributed by atoms with E-state index in [1.54, 1.807) is 18.2 Å². The Morgan fingerprint density at radius 1 is 1.04 bits per heavy atom. The molecule has 9 heteroatoms. The number of nitrogens with zero attached hydrogens (tertiary/aromatic N) is 2. The first kappa shape index (κ1) is 16.8. The summed E-state index contributed by atoms with van der Waals surface area (Å²) in [5, 5.41) is 29.3. The van der Waals surface area contributed by atoms with Gasteiger partial charge in [0.1, 0.15) is 5.71 Å². The summed E-state index contributed by atoms with van der Waals surface area (Å²) in [5.74, 6) is -0.415. The van der Waals surface area contributed by atoms with Crippen LogP contribution in [0.5, 0.6) is 0 Å². The fourth-order valence-corrected chi connectivity index (χ4v) is 2.93. The van der Waals surface area contributed by atoms with Crippen molar-refractivity contribution in [2.45, 2.75) is 0 Å². The molecule has 2 aliphatic rings. The molecule has 25 heavy (non-hydrogen) atoms. The Hall–Kier alpha value is -3.08. The van der Waals surface area contributed by atoms with Crippen LogP contribution in [-0.4, -0.2) is 40.6 Å². The van der Waals surface area contributed by atoms with Crippen LogP contribution in [-0.2, 0) is 4.79 Å². The number of para-hydroxylation sites is 1. The van der Waals surface area contributed by atoms with Gasteiger partial charge in [-0.1, -0.05) is 23.4 Å². The van der Waals surface area contributed by atoms with Crippen molar-refractivity contribution in [3.05, 3.63) is 69.4 Å². The predicted molar refractivity (Wildman–Crippen MR) is 94.2 cm³/mol. The van der Waals surface area contributed by atoms with E-state index in [1.165, 1.54) is 18.2 Å². The van der Waals surface area contributed by atoms with E-state index in [0.717, 1.165) is 5.69 Å². The minimum absolute atomic E-state index is 0. The van der Waals surface area contributed by atoms with E-state index in [-0.39, 0.29) is 35.8 Å². The molecule has 0 unspecified atom stereocenters. The molecule has 4 rings (SSSR count). The van der Waals surface area contributed by atoms with E-state index in [9.17, 15) is 20.1 Å². The van der Waals surface area contributed by atoms with Gasteiger partial charge in [-0.3, -0.25) is 14.9 Å². The molecule has 8 nitrogen and oxygen atoms in total. The molecule has 0 fully saturated rings. The number of rotatable bonds is 1.